The van der Waals surface area contributed by atoms with Gasteiger partial charge in [0.2, 0.25) is 0 Å². The van der Waals surface area contributed by atoms with Gasteiger partial charge in [0.15, 0.2) is 0 Å². The van der Waals surface area contributed by atoms with Gasteiger partial charge in [-0.3, -0.25) is 9.59 Å². The first-order valence-electron chi connectivity index (χ1n) is 8.07. The van der Waals surface area contributed by atoms with E-state index in [1.807, 2.05) is 0 Å². The van der Waals surface area contributed by atoms with E-state index in [1.165, 1.54) is 12.1 Å². The van der Waals surface area contributed by atoms with Crippen LogP contribution in [0.15, 0.2) is 24.3 Å². The number of carbonyl (C=O) groups is 2. The first-order valence-corrected chi connectivity index (χ1v) is 8.07. The van der Waals surface area contributed by atoms with E-state index < -0.39 is 35.9 Å². The molecule has 1 N–H and O–H groups in total. The fourth-order valence-corrected chi connectivity index (χ4v) is 2.82. The summed E-state index contributed by atoms with van der Waals surface area (Å²) in [6.45, 7) is -0.0710. The molecule has 0 spiro atoms. The lowest BCUT2D eigenvalue weighted by Crippen LogP contribution is -2.39. The van der Waals surface area contributed by atoms with Crippen molar-refractivity contribution in [1.29, 1.82) is 0 Å². The van der Waals surface area contributed by atoms with Gasteiger partial charge in [0, 0.05) is 12.1 Å². The Morgan fingerprint density at radius 2 is 1.76 bits per heavy atom. The van der Waals surface area contributed by atoms with Crippen molar-refractivity contribution < 1.29 is 31.9 Å². The summed E-state index contributed by atoms with van der Waals surface area (Å²) in [5.41, 5.74) is 0.221. The maximum absolute atomic E-state index is 12.9. The number of rotatable bonds is 5. The maximum Gasteiger partial charge on any atom is 0.395 e. The minimum atomic E-state index is -4.39. The second-order valence-electron chi connectivity index (χ2n) is 5.97. The van der Waals surface area contributed by atoms with Crippen molar-refractivity contribution >= 4 is 11.9 Å². The highest BCUT2D eigenvalue weighted by Crippen LogP contribution is 2.39. The third-order valence-corrected chi connectivity index (χ3v) is 4.13. The SMILES string of the molecule is O=C(CCNC(=O)c1ccc(F)cc1)OC1CCCCC1C(F)(F)F. The Balaban J connectivity index is 1.78. The molecular formula is C17H19F4NO3. The van der Waals surface area contributed by atoms with Crippen LogP contribution in [0, 0.1) is 11.7 Å². The summed E-state index contributed by atoms with van der Waals surface area (Å²) in [6, 6.07) is 4.84. The molecule has 1 fully saturated rings. The van der Waals surface area contributed by atoms with Crippen molar-refractivity contribution in [1.82, 2.24) is 5.32 Å². The van der Waals surface area contributed by atoms with E-state index in [-0.39, 0.29) is 31.4 Å². The largest absolute Gasteiger partial charge is 0.462 e. The summed E-state index contributed by atoms with van der Waals surface area (Å²) in [5, 5.41) is 2.44. The molecule has 1 aromatic rings. The number of benzene rings is 1. The van der Waals surface area contributed by atoms with Gasteiger partial charge in [-0.25, -0.2) is 4.39 Å². The summed E-state index contributed by atoms with van der Waals surface area (Å²) in [7, 11) is 0. The average Bonchev–Trinajstić information content (AvgIpc) is 2.55. The molecule has 1 aliphatic carbocycles. The molecule has 1 saturated carbocycles. The van der Waals surface area contributed by atoms with Crippen LogP contribution in [0.2, 0.25) is 0 Å². The molecule has 1 aliphatic rings. The van der Waals surface area contributed by atoms with Gasteiger partial charge in [0.05, 0.1) is 12.3 Å². The van der Waals surface area contributed by atoms with E-state index in [9.17, 15) is 27.2 Å². The van der Waals surface area contributed by atoms with Crippen molar-refractivity contribution in [2.24, 2.45) is 5.92 Å². The molecule has 25 heavy (non-hydrogen) atoms. The summed E-state index contributed by atoms with van der Waals surface area (Å²) >= 11 is 0. The molecular weight excluding hydrogens is 342 g/mol. The molecule has 8 heteroatoms. The summed E-state index contributed by atoms with van der Waals surface area (Å²) < 4.78 is 56.6. The Morgan fingerprint density at radius 1 is 1.12 bits per heavy atom. The number of amides is 1. The maximum atomic E-state index is 12.9. The third-order valence-electron chi connectivity index (χ3n) is 4.13. The monoisotopic (exact) mass is 361 g/mol. The van der Waals surface area contributed by atoms with Crippen LogP contribution in [0.3, 0.4) is 0 Å². The molecule has 0 aliphatic heterocycles. The van der Waals surface area contributed by atoms with Crippen LogP contribution in [-0.2, 0) is 9.53 Å². The molecule has 0 radical (unpaired) electrons. The number of nitrogens with one attached hydrogen (secondary N) is 1. The minimum absolute atomic E-state index is 0.0389. The minimum Gasteiger partial charge on any atom is -0.462 e. The first kappa shape index (κ1) is 19.2. The van der Waals surface area contributed by atoms with Crippen LogP contribution in [0.4, 0.5) is 17.6 Å². The lowest BCUT2D eigenvalue weighted by atomic mass is 9.86. The molecule has 2 unspecified atom stereocenters. The fraction of sp³-hybridized carbons (Fsp3) is 0.529. The zero-order chi connectivity index (χ0) is 18.4. The highest BCUT2D eigenvalue weighted by molar-refractivity contribution is 5.94. The van der Waals surface area contributed by atoms with E-state index in [0.29, 0.717) is 12.8 Å². The number of alkyl halides is 3. The third kappa shape index (κ3) is 5.72. The van der Waals surface area contributed by atoms with Crippen molar-refractivity contribution in [2.75, 3.05) is 6.54 Å². The number of hydrogen-bond donors (Lipinski definition) is 1. The summed E-state index contributed by atoms with van der Waals surface area (Å²) in [5.74, 6) is -3.38. The number of esters is 1. The molecule has 2 rings (SSSR count). The van der Waals surface area contributed by atoms with Crippen LogP contribution in [0.5, 0.6) is 0 Å². The lowest BCUT2D eigenvalue weighted by Gasteiger charge is -2.32. The van der Waals surface area contributed by atoms with Gasteiger partial charge in [0.25, 0.3) is 5.91 Å². The van der Waals surface area contributed by atoms with Crippen molar-refractivity contribution in [3.63, 3.8) is 0 Å². The topological polar surface area (TPSA) is 55.4 Å². The second-order valence-corrected chi connectivity index (χ2v) is 5.97. The zero-order valence-corrected chi connectivity index (χ0v) is 13.4. The highest BCUT2D eigenvalue weighted by atomic mass is 19.4. The first-order chi connectivity index (χ1) is 11.8. The molecule has 0 heterocycles. The van der Waals surface area contributed by atoms with Crippen molar-refractivity contribution in [3.8, 4) is 0 Å². The van der Waals surface area contributed by atoms with Gasteiger partial charge in [0.1, 0.15) is 11.9 Å². The molecule has 0 bridgehead atoms. The molecule has 1 amide bonds. The quantitative estimate of drug-likeness (QED) is 0.644. The molecule has 0 saturated heterocycles. The molecule has 0 aromatic heterocycles. The van der Waals surface area contributed by atoms with E-state index in [0.717, 1.165) is 12.1 Å². The van der Waals surface area contributed by atoms with Gasteiger partial charge in [-0.15, -0.1) is 0 Å². The second kappa shape index (κ2) is 8.31. The van der Waals surface area contributed by atoms with E-state index in [1.54, 1.807) is 0 Å². The zero-order valence-electron chi connectivity index (χ0n) is 13.4. The average molecular weight is 361 g/mol. The van der Waals surface area contributed by atoms with Crippen LogP contribution in [-0.4, -0.2) is 30.7 Å². The summed E-state index contributed by atoms with van der Waals surface area (Å²) in [6.07, 6.45) is -4.57. The highest BCUT2D eigenvalue weighted by Gasteiger charge is 2.47. The van der Waals surface area contributed by atoms with Crippen LogP contribution >= 0.6 is 0 Å². The predicted molar refractivity (Wildman–Crippen MR) is 81.2 cm³/mol. The van der Waals surface area contributed by atoms with Gasteiger partial charge in [-0.2, -0.15) is 13.2 Å². The number of carbonyl (C=O) groups excluding carboxylic acids is 2. The fourth-order valence-electron chi connectivity index (χ4n) is 2.82. The van der Waals surface area contributed by atoms with Crippen LogP contribution < -0.4 is 5.32 Å². The Kier molecular flexibility index (Phi) is 6.39. The van der Waals surface area contributed by atoms with E-state index >= 15 is 0 Å². The predicted octanol–water partition coefficient (Wildman–Crippen LogP) is 3.61. The normalized spacial score (nSPS) is 20.8. The lowest BCUT2D eigenvalue weighted by molar-refractivity contribution is -0.216. The molecule has 2 atom stereocenters. The molecule has 4 nitrogen and oxygen atoms in total. The summed E-state index contributed by atoms with van der Waals surface area (Å²) in [4.78, 5) is 23.5. The Bertz CT molecular complexity index is 601. The van der Waals surface area contributed by atoms with Crippen molar-refractivity contribution in [3.05, 3.63) is 35.6 Å². The Labute approximate surface area is 142 Å². The van der Waals surface area contributed by atoms with Gasteiger partial charge >= 0.3 is 12.1 Å². The van der Waals surface area contributed by atoms with E-state index in [4.69, 9.17) is 4.74 Å². The van der Waals surface area contributed by atoms with Gasteiger partial charge in [-0.05, 0) is 43.5 Å². The number of halogens is 4. The van der Waals surface area contributed by atoms with Crippen molar-refractivity contribution in [2.45, 2.75) is 44.4 Å². The standard InChI is InChI=1S/C17H19F4NO3/c18-12-7-5-11(6-8-12)16(24)22-10-9-15(23)25-14-4-2-1-3-13(14)17(19,20)21/h5-8,13-14H,1-4,9-10H2,(H,22,24). The Morgan fingerprint density at radius 3 is 2.40 bits per heavy atom. The smallest absolute Gasteiger partial charge is 0.395 e. The Hall–Kier alpha value is -2.12. The van der Waals surface area contributed by atoms with Gasteiger partial charge in [-0.1, -0.05) is 6.42 Å². The molecule has 138 valence electrons. The molecule has 1 aromatic carbocycles. The van der Waals surface area contributed by atoms with Crippen LogP contribution in [0.1, 0.15) is 42.5 Å². The number of ether oxygens (including phenoxy) is 1. The van der Waals surface area contributed by atoms with E-state index in [2.05, 4.69) is 5.32 Å². The van der Waals surface area contributed by atoms with Crippen LogP contribution in [0.25, 0.3) is 0 Å². The number of hydrogen-bond acceptors (Lipinski definition) is 3. The van der Waals surface area contributed by atoms with Gasteiger partial charge < -0.3 is 10.1 Å².